The van der Waals surface area contributed by atoms with Gasteiger partial charge in [0, 0.05) is 56.2 Å². The minimum absolute atomic E-state index is 0.0568. The molecule has 4 rings (SSSR count). The van der Waals surface area contributed by atoms with Gasteiger partial charge in [-0.25, -0.2) is 4.79 Å². The van der Waals surface area contributed by atoms with Gasteiger partial charge in [-0.3, -0.25) is 4.90 Å². The number of aliphatic hydroxyl groups is 1. The van der Waals surface area contributed by atoms with E-state index in [0.29, 0.717) is 45.1 Å². The van der Waals surface area contributed by atoms with Crippen LogP contribution in [0.3, 0.4) is 0 Å². The van der Waals surface area contributed by atoms with Crippen LogP contribution in [0.25, 0.3) is 0 Å². The van der Waals surface area contributed by atoms with Crippen LogP contribution in [0.2, 0.25) is 0 Å². The number of fused-ring (bicyclic) bond motifs is 3. The van der Waals surface area contributed by atoms with Crippen LogP contribution in [0.1, 0.15) is 18.4 Å². The minimum atomic E-state index is -0.989. The molecule has 0 aromatic heterocycles. The Labute approximate surface area is 158 Å². The highest BCUT2D eigenvalue weighted by Gasteiger charge is 2.55. The van der Waals surface area contributed by atoms with Crippen LogP contribution in [0.15, 0.2) is 24.3 Å². The maximum Gasteiger partial charge on any atom is 0.341 e. The molecule has 7 nitrogen and oxygen atoms in total. The summed E-state index contributed by atoms with van der Waals surface area (Å²) in [6.07, 6.45) is 1.55. The lowest BCUT2D eigenvalue weighted by atomic mass is 9.66. The van der Waals surface area contributed by atoms with E-state index in [9.17, 15) is 9.90 Å². The summed E-state index contributed by atoms with van der Waals surface area (Å²) in [7, 11) is 0. The lowest BCUT2D eigenvalue weighted by molar-refractivity contribution is -0.221. The zero-order valence-corrected chi connectivity index (χ0v) is 15.4. The van der Waals surface area contributed by atoms with E-state index in [4.69, 9.17) is 19.3 Å². The van der Waals surface area contributed by atoms with E-state index in [2.05, 4.69) is 4.90 Å². The summed E-state index contributed by atoms with van der Waals surface area (Å²) in [4.78, 5) is 13.3. The molecule has 3 aliphatic heterocycles. The van der Waals surface area contributed by atoms with E-state index >= 15 is 0 Å². The summed E-state index contributed by atoms with van der Waals surface area (Å²) >= 11 is 0. The maximum absolute atomic E-state index is 11.4. The highest BCUT2D eigenvalue weighted by atomic mass is 16.5. The molecule has 4 atom stereocenters. The first-order chi connectivity index (χ1) is 13.1. The van der Waals surface area contributed by atoms with Gasteiger partial charge in [-0.15, -0.1) is 0 Å². The third-order valence-electron chi connectivity index (χ3n) is 6.26. The van der Waals surface area contributed by atoms with Crippen LogP contribution < -0.4 is 4.74 Å². The van der Waals surface area contributed by atoms with E-state index < -0.39 is 11.6 Å². The van der Waals surface area contributed by atoms with E-state index in [1.807, 2.05) is 24.3 Å². The molecule has 0 amide bonds. The smallest absolute Gasteiger partial charge is 0.341 e. The molecule has 2 N–H and O–H groups in total. The first-order valence-electron chi connectivity index (χ1n) is 9.62. The number of rotatable bonds is 5. The Kier molecular flexibility index (Phi) is 5.36. The van der Waals surface area contributed by atoms with Crippen molar-refractivity contribution in [2.75, 3.05) is 39.6 Å². The molecule has 1 aromatic rings. The predicted octanol–water partition coefficient (Wildman–Crippen LogP) is 1.14. The van der Waals surface area contributed by atoms with Gasteiger partial charge in [-0.2, -0.15) is 0 Å². The summed E-state index contributed by atoms with van der Waals surface area (Å²) in [6.45, 7) is 3.49. The second kappa shape index (κ2) is 7.75. The largest absolute Gasteiger partial charge is 0.482 e. The first kappa shape index (κ1) is 18.7. The van der Waals surface area contributed by atoms with Gasteiger partial charge in [0.15, 0.2) is 6.61 Å². The van der Waals surface area contributed by atoms with Gasteiger partial charge in [-0.05, 0) is 12.5 Å². The summed E-state index contributed by atoms with van der Waals surface area (Å²) in [6, 6.07) is 7.81. The van der Waals surface area contributed by atoms with E-state index in [1.54, 1.807) is 0 Å². The van der Waals surface area contributed by atoms with Crippen molar-refractivity contribution in [3.05, 3.63) is 29.8 Å². The summed E-state index contributed by atoms with van der Waals surface area (Å²) < 4.78 is 16.9. The number of piperidine rings is 1. The number of benzene rings is 1. The van der Waals surface area contributed by atoms with Crippen LogP contribution >= 0.6 is 0 Å². The van der Waals surface area contributed by atoms with Crippen LogP contribution in [0.5, 0.6) is 5.75 Å². The Morgan fingerprint density at radius 3 is 2.93 bits per heavy atom. The summed E-state index contributed by atoms with van der Waals surface area (Å²) in [5.74, 6) is -0.261. The quantitative estimate of drug-likeness (QED) is 0.795. The Balaban J connectivity index is 1.56. The molecule has 148 valence electrons. The fourth-order valence-corrected chi connectivity index (χ4v) is 4.88. The highest BCUT2D eigenvalue weighted by Crippen LogP contribution is 2.44. The molecule has 0 radical (unpaired) electrons. The van der Waals surface area contributed by atoms with Gasteiger partial charge in [0.25, 0.3) is 0 Å². The molecule has 3 heterocycles. The van der Waals surface area contributed by atoms with Crippen molar-refractivity contribution in [2.24, 2.45) is 11.8 Å². The standard InChI is InChI=1S/C20H27NO6/c22-19(23)13-27-18-4-2-1-3-14(18)9-21-10-15-11-26-8-6-20(15,24)16-12-25-7-5-17(16)21/h1-4,15-17,24H,5-13H2,(H,22,23)/t15-,16+,17-,20-/m1/s1. The molecule has 1 aromatic carbocycles. The zero-order valence-electron chi connectivity index (χ0n) is 15.4. The van der Waals surface area contributed by atoms with Gasteiger partial charge in [0.1, 0.15) is 5.75 Å². The fourth-order valence-electron chi connectivity index (χ4n) is 4.88. The van der Waals surface area contributed by atoms with E-state index in [0.717, 1.165) is 18.5 Å². The number of aliphatic carboxylic acids is 1. The van der Waals surface area contributed by atoms with Crippen LogP contribution in [0, 0.1) is 11.8 Å². The molecule has 27 heavy (non-hydrogen) atoms. The maximum atomic E-state index is 11.4. The van der Waals surface area contributed by atoms with Crippen molar-refractivity contribution >= 4 is 5.97 Å². The number of para-hydroxylation sites is 1. The van der Waals surface area contributed by atoms with E-state index in [1.165, 1.54) is 0 Å². The Morgan fingerprint density at radius 1 is 1.26 bits per heavy atom. The SMILES string of the molecule is O=C(O)COc1ccccc1CN1C[C@@H]2COCC[C@]2(O)[C@H]2COCC[C@H]21. The topological polar surface area (TPSA) is 88.5 Å². The van der Waals surface area contributed by atoms with Crippen molar-refractivity contribution in [1.29, 1.82) is 0 Å². The van der Waals surface area contributed by atoms with E-state index in [-0.39, 0.29) is 24.5 Å². The van der Waals surface area contributed by atoms with Gasteiger partial charge >= 0.3 is 5.97 Å². The molecule has 0 spiro atoms. The lowest BCUT2D eigenvalue weighted by Gasteiger charge is -2.57. The van der Waals surface area contributed by atoms with Crippen molar-refractivity contribution < 1.29 is 29.2 Å². The molecule has 3 fully saturated rings. The molecule has 0 aliphatic carbocycles. The van der Waals surface area contributed by atoms with Crippen LogP contribution in [0.4, 0.5) is 0 Å². The van der Waals surface area contributed by atoms with Crippen molar-refractivity contribution in [3.8, 4) is 5.75 Å². The number of nitrogens with zero attached hydrogens (tertiary/aromatic N) is 1. The second-order valence-electron chi connectivity index (χ2n) is 7.77. The third-order valence-corrected chi connectivity index (χ3v) is 6.26. The summed E-state index contributed by atoms with van der Waals surface area (Å²) in [5.41, 5.74) is 0.241. The van der Waals surface area contributed by atoms with Crippen molar-refractivity contribution in [2.45, 2.75) is 31.0 Å². The normalized spacial score (nSPS) is 33.7. The Bertz CT molecular complexity index is 682. The number of carboxylic acids is 1. The van der Waals surface area contributed by atoms with Crippen LogP contribution in [-0.4, -0.2) is 72.3 Å². The number of hydrogen-bond acceptors (Lipinski definition) is 6. The Hall–Kier alpha value is -1.67. The Morgan fingerprint density at radius 2 is 2.07 bits per heavy atom. The van der Waals surface area contributed by atoms with Gasteiger partial charge in [0.2, 0.25) is 0 Å². The average molecular weight is 377 g/mol. The summed E-state index contributed by atoms with van der Waals surface area (Å²) in [5, 5.41) is 20.3. The molecular formula is C20H27NO6. The number of ether oxygens (including phenoxy) is 3. The number of carbonyl (C=O) groups is 1. The predicted molar refractivity (Wildman–Crippen MR) is 96.6 cm³/mol. The second-order valence-corrected chi connectivity index (χ2v) is 7.77. The number of likely N-dealkylation sites (tertiary alicyclic amines) is 1. The molecule has 0 bridgehead atoms. The molecule has 3 saturated heterocycles. The monoisotopic (exact) mass is 377 g/mol. The molecular weight excluding hydrogens is 350 g/mol. The molecule has 7 heteroatoms. The van der Waals surface area contributed by atoms with Gasteiger partial charge < -0.3 is 24.4 Å². The van der Waals surface area contributed by atoms with Crippen molar-refractivity contribution in [3.63, 3.8) is 0 Å². The first-order valence-corrected chi connectivity index (χ1v) is 9.62. The van der Waals surface area contributed by atoms with Gasteiger partial charge in [0.05, 0.1) is 18.8 Å². The van der Waals surface area contributed by atoms with Crippen LogP contribution in [-0.2, 0) is 20.8 Å². The molecule has 0 unspecified atom stereocenters. The minimum Gasteiger partial charge on any atom is -0.482 e. The van der Waals surface area contributed by atoms with Gasteiger partial charge in [-0.1, -0.05) is 18.2 Å². The molecule has 0 saturated carbocycles. The average Bonchev–Trinajstić information content (AvgIpc) is 2.68. The lowest BCUT2D eigenvalue weighted by Crippen LogP contribution is -2.67. The highest BCUT2D eigenvalue weighted by molar-refractivity contribution is 5.68. The number of carboxylic acid groups (broad SMARTS) is 1. The fraction of sp³-hybridized carbons (Fsp3) is 0.650. The molecule has 3 aliphatic rings. The number of hydrogen-bond donors (Lipinski definition) is 2. The third kappa shape index (κ3) is 3.69. The van der Waals surface area contributed by atoms with Crippen molar-refractivity contribution in [1.82, 2.24) is 4.90 Å². The zero-order chi connectivity index (χ0) is 18.9.